The third kappa shape index (κ3) is 4.93. The molecule has 1 amide bonds. The minimum Gasteiger partial charge on any atom is -0.473 e. The average Bonchev–Trinajstić information content (AvgIpc) is 3.28. The van der Waals surface area contributed by atoms with Crippen molar-refractivity contribution in [2.24, 2.45) is 0 Å². The molecule has 3 aromatic rings. The van der Waals surface area contributed by atoms with E-state index < -0.39 is 0 Å². The van der Waals surface area contributed by atoms with Crippen molar-refractivity contribution in [3.63, 3.8) is 0 Å². The van der Waals surface area contributed by atoms with Gasteiger partial charge in [0.05, 0.1) is 6.04 Å². The van der Waals surface area contributed by atoms with Gasteiger partial charge in [-0.25, -0.2) is 9.78 Å². The van der Waals surface area contributed by atoms with Gasteiger partial charge >= 0.3 is 6.09 Å². The summed E-state index contributed by atoms with van der Waals surface area (Å²) in [6, 6.07) is 23.6. The van der Waals surface area contributed by atoms with Crippen molar-refractivity contribution in [2.45, 2.75) is 32.1 Å². The van der Waals surface area contributed by atoms with Crippen LogP contribution < -0.4 is 4.74 Å². The summed E-state index contributed by atoms with van der Waals surface area (Å²) >= 11 is 0. The van der Waals surface area contributed by atoms with Crippen LogP contribution in [0.4, 0.5) is 4.79 Å². The molecule has 1 fully saturated rings. The number of carbonyl (C=O) groups excluding carboxylic acids is 1. The summed E-state index contributed by atoms with van der Waals surface area (Å²) < 4.78 is 11.3. The van der Waals surface area contributed by atoms with Crippen LogP contribution in [-0.2, 0) is 18.0 Å². The monoisotopic (exact) mass is 388 g/mol. The summed E-state index contributed by atoms with van der Waals surface area (Å²) in [5.41, 5.74) is 3.09. The zero-order chi connectivity index (χ0) is 19.9. The number of rotatable bonds is 6. The van der Waals surface area contributed by atoms with Gasteiger partial charge in [-0.05, 0) is 29.5 Å². The SMILES string of the molecule is O=C(OCc1ccccc1)N1CCCC1c1ccc(OCc2ccccc2)nc1. The second-order valence-corrected chi connectivity index (χ2v) is 7.10. The van der Waals surface area contributed by atoms with E-state index in [1.807, 2.05) is 72.8 Å². The molecule has 1 aliphatic heterocycles. The van der Waals surface area contributed by atoms with Crippen LogP contribution in [0.5, 0.6) is 5.88 Å². The Labute approximate surface area is 170 Å². The van der Waals surface area contributed by atoms with Gasteiger partial charge in [-0.2, -0.15) is 0 Å². The van der Waals surface area contributed by atoms with E-state index in [2.05, 4.69) is 4.98 Å². The summed E-state index contributed by atoms with van der Waals surface area (Å²) in [6.07, 6.45) is 3.39. The summed E-state index contributed by atoms with van der Waals surface area (Å²) in [7, 11) is 0. The van der Waals surface area contributed by atoms with E-state index in [1.165, 1.54) is 0 Å². The van der Waals surface area contributed by atoms with Crippen LogP contribution >= 0.6 is 0 Å². The van der Waals surface area contributed by atoms with Crippen molar-refractivity contribution in [3.05, 3.63) is 95.7 Å². The molecule has 1 saturated heterocycles. The molecular formula is C24H24N2O3. The first kappa shape index (κ1) is 19.0. The van der Waals surface area contributed by atoms with Crippen molar-refractivity contribution in [1.29, 1.82) is 0 Å². The summed E-state index contributed by atoms with van der Waals surface area (Å²) in [6.45, 7) is 1.46. The molecule has 0 saturated carbocycles. The van der Waals surface area contributed by atoms with Gasteiger partial charge in [-0.1, -0.05) is 66.7 Å². The normalized spacial score (nSPS) is 15.9. The third-order valence-electron chi connectivity index (χ3n) is 5.07. The fraction of sp³-hybridized carbons (Fsp3) is 0.250. The highest BCUT2D eigenvalue weighted by atomic mass is 16.6. The highest BCUT2D eigenvalue weighted by molar-refractivity contribution is 5.68. The second-order valence-electron chi connectivity index (χ2n) is 7.10. The molecule has 0 bridgehead atoms. The summed E-state index contributed by atoms with van der Waals surface area (Å²) in [5, 5.41) is 0. The number of hydrogen-bond donors (Lipinski definition) is 0. The van der Waals surface area contributed by atoms with E-state index in [0.717, 1.165) is 29.5 Å². The number of ether oxygens (including phenoxy) is 2. The second kappa shape index (κ2) is 9.24. The van der Waals surface area contributed by atoms with Gasteiger partial charge < -0.3 is 14.4 Å². The van der Waals surface area contributed by atoms with Crippen molar-refractivity contribution >= 4 is 6.09 Å². The van der Waals surface area contributed by atoms with E-state index in [0.29, 0.717) is 19.0 Å². The number of hydrogen-bond acceptors (Lipinski definition) is 4. The lowest BCUT2D eigenvalue weighted by Gasteiger charge is -2.24. The lowest BCUT2D eigenvalue weighted by molar-refractivity contribution is 0.0920. The molecule has 2 aromatic carbocycles. The number of carbonyl (C=O) groups is 1. The Hall–Kier alpha value is -3.34. The molecule has 0 spiro atoms. The Balaban J connectivity index is 1.34. The number of nitrogens with zero attached hydrogens (tertiary/aromatic N) is 2. The van der Waals surface area contributed by atoms with Gasteiger partial charge in [0.25, 0.3) is 0 Å². The fourth-order valence-electron chi connectivity index (χ4n) is 3.54. The third-order valence-corrected chi connectivity index (χ3v) is 5.07. The van der Waals surface area contributed by atoms with Gasteiger partial charge in [-0.15, -0.1) is 0 Å². The Morgan fingerprint density at radius 3 is 2.28 bits per heavy atom. The summed E-state index contributed by atoms with van der Waals surface area (Å²) in [4.78, 5) is 18.8. The maximum absolute atomic E-state index is 12.6. The quantitative estimate of drug-likeness (QED) is 0.587. The minimum atomic E-state index is -0.277. The van der Waals surface area contributed by atoms with Crippen LogP contribution in [0.2, 0.25) is 0 Å². The lowest BCUT2D eigenvalue weighted by Crippen LogP contribution is -2.31. The predicted molar refractivity (Wildman–Crippen MR) is 110 cm³/mol. The molecule has 1 unspecified atom stereocenters. The molecule has 5 heteroatoms. The Morgan fingerprint density at radius 1 is 0.931 bits per heavy atom. The van der Waals surface area contributed by atoms with Crippen LogP contribution in [0.1, 0.15) is 35.6 Å². The van der Waals surface area contributed by atoms with Gasteiger partial charge in [0, 0.05) is 18.8 Å². The van der Waals surface area contributed by atoms with Crippen LogP contribution in [0.3, 0.4) is 0 Å². The number of pyridine rings is 1. The zero-order valence-electron chi connectivity index (χ0n) is 16.2. The minimum absolute atomic E-state index is 0.00560. The van der Waals surface area contributed by atoms with Crippen LogP contribution in [0.15, 0.2) is 79.0 Å². The maximum atomic E-state index is 12.6. The van der Waals surface area contributed by atoms with Crippen molar-refractivity contribution in [3.8, 4) is 5.88 Å². The smallest absolute Gasteiger partial charge is 0.410 e. The van der Waals surface area contributed by atoms with Crippen molar-refractivity contribution < 1.29 is 14.3 Å². The molecule has 1 aliphatic rings. The van der Waals surface area contributed by atoms with Gasteiger partial charge in [0.1, 0.15) is 13.2 Å². The highest BCUT2D eigenvalue weighted by Crippen LogP contribution is 2.32. The highest BCUT2D eigenvalue weighted by Gasteiger charge is 2.31. The van der Waals surface area contributed by atoms with Crippen molar-refractivity contribution in [1.82, 2.24) is 9.88 Å². The standard InChI is InChI=1S/C24H24N2O3/c27-24(29-18-20-10-5-2-6-11-20)26-15-7-12-22(26)21-13-14-23(25-16-21)28-17-19-8-3-1-4-9-19/h1-6,8-11,13-14,16,22H,7,12,15,17-18H2. The molecule has 0 aliphatic carbocycles. The van der Waals surface area contributed by atoms with Crippen molar-refractivity contribution in [2.75, 3.05) is 6.54 Å². The summed E-state index contributed by atoms with van der Waals surface area (Å²) in [5.74, 6) is 0.578. The number of likely N-dealkylation sites (tertiary alicyclic amines) is 1. The Morgan fingerprint density at radius 2 is 1.62 bits per heavy atom. The van der Waals surface area contributed by atoms with Crippen LogP contribution in [0.25, 0.3) is 0 Å². The average molecular weight is 388 g/mol. The molecule has 1 atom stereocenters. The van der Waals surface area contributed by atoms with E-state index >= 15 is 0 Å². The first-order valence-electron chi connectivity index (χ1n) is 9.89. The molecule has 4 rings (SSSR count). The van der Waals surface area contributed by atoms with Crippen LogP contribution in [-0.4, -0.2) is 22.5 Å². The molecule has 29 heavy (non-hydrogen) atoms. The van der Waals surface area contributed by atoms with Gasteiger partial charge in [0.15, 0.2) is 0 Å². The number of aromatic nitrogens is 1. The molecule has 0 radical (unpaired) electrons. The maximum Gasteiger partial charge on any atom is 0.410 e. The fourth-order valence-corrected chi connectivity index (χ4v) is 3.54. The Kier molecular flexibility index (Phi) is 6.05. The first-order chi connectivity index (χ1) is 14.3. The molecule has 2 heterocycles. The largest absolute Gasteiger partial charge is 0.473 e. The van der Waals surface area contributed by atoms with Gasteiger partial charge in [-0.3, -0.25) is 0 Å². The number of amides is 1. The number of benzene rings is 2. The van der Waals surface area contributed by atoms with Crippen LogP contribution in [0, 0.1) is 0 Å². The molecule has 1 aromatic heterocycles. The van der Waals surface area contributed by atoms with E-state index in [4.69, 9.17) is 9.47 Å². The van der Waals surface area contributed by atoms with E-state index in [-0.39, 0.29) is 18.7 Å². The van der Waals surface area contributed by atoms with E-state index in [9.17, 15) is 4.79 Å². The lowest BCUT2D eigenvalue weighted by atomic mass is 10.1. The predicted octanol–water partition coefficient (Wildman–Crippen LogP) is 5.13. The molecule has 0 N–H and O–H groups in total. The molecular weight excluding hydrogens is 364 g/mol. The Bertz CT molecular complexity index is 914. The zero-order valence-corrected chi connectivity index (χ0v) is 16.2. The molecule has 148 valence electrons. The first-order valence-corrected chi connectivity index (χ1v) is 9.89. The molecule has 5 nitrogen and oxygen atoms in total. The van der Waals surface area contributed by atoms with E-state index in [1.54, 1.807) is 11.1 Å². The topological polar surface area (TPSA) is 51.7 Å². The van der Waals surface area contributed by atoms with Gasteiger partial charge in [0.2, 0.25) is 5.88 Å².